The average molecular weight is 809 g/mol. The van der Waals surface area contributed by atoms with Gasteiger partial charge in [-0.3, -0.25) is 9.97 Å². The van der Waals surface area contributed by atoms with Crippen molar-refractivity contribution in [2.45, 2.75) is 13.8 Å². The van der Waals surface area contributed by atoms with Crippen LogP contribution in [0.15, 0.2) is 158 Å². The Kier molecular flexibility index (Phi) is 10.6. The number of hydrogen-bond acceptors (Lipinski definition) is 4. The molecule has 0 saturated heterocycles. The zero-order chi connectivity index (χ0) is 32.7. The first-order chi connectivity index (χ1) is 23.7. The van der Waals surface area contributed by atoms with Crippen LogP contribution in [0.2, 0.25) is 0 Å². The quantitative estimate of drug-likeness (QED) is 0.163. The minimum atomic E-state index is 0. The smallest absolute Gasteiger partial charge is 0.0970 e. The van der Waals surface area contributed by atoms with Gasteiger partial charge in [-0.25, -0.2) is 0 Å². The Morgan fingerprint density at radius 1 is 0.449 bits per heavy atom. The van der Waals surface area contributed by atoms with E-state index in [1.54, 1.807) is 12.4 Å². The molecule has 0 saturated carbocycles. The number of aryl methyl sites for hydroxylation is 2. The van der Waals surface area contributed by atoms with E-state index in [0.29, 0.717) is 0 Å². The molecule has 0 aliphatic heterocycles. The van der Waals surface area contributed by atoms with E-state index >= 15 is 0 Å². The molecule has 0 amide bonds. The number of nitrogens with zero attached hydrogens (tertiary/aromatic N) is 4. The fraction of sp³-hybridized carbons (Fsp3) is 0.0455. The average Bonchev–Trinajstić information content (AvgIpc) is 3.16. The molecule has 8 aromatic rings. The molecular formula is C44H32IrN4-2. The van der Waals surface area contributed by atoms with Crippen LogP contribution in [-0.2, 0) is 20.1 Å². The molecule has 49 heavy (non-hydrogen) atoms. The molecule has 0 atom stereocenters. The van der Waals surface area contributed by atoms with Crippen LogP contribution in [0.3, 0.4) is 0 Å². The van der Waals surface area contributed by atoms with Crippen LogP contribution in [0.1, 0.15) is 11.1 Å². The predicted octanol–water partition coefficient (Wildman–Crippen LogP) is 10.7. The molecule has 239 valence electrons. The Morgan fingerprint density at radius 3 is 1.88 bits per heavy atom. The van der Waals surface area contributed by atoms with Crippen molar-refractivity contribution in [3.8, 4) is 55.9 Å². The zero-order valence-electron chi connectivity index (χ0n) is 27.1. The summed E-state index contributed by atoms with van der Waals surface area (Å²) in [6.07, 6.45) is 7.18. The molecule has 3 heterocycles. The molecule has 5 heteroatoms. The van der Waals surface area contributed by atoms with Gasteiger partial charge < -0.3 is 9.97 Å². The first-order valence-electron chi connectivity index (χ1n) is 15.9. The van der Waals surface area contributed by atoms with Gasteiger partial charge >= 0.3 is 0 Å². The van der Waals surface area contributed by atoms with Gasteiger partial charge in [-0.15, -0.1) is 59.7 Å². The zero-order valence-corrected chi connectivity index (χ0v) is 29.5. The molecule has 0 aliphatic rings. The van der Waals surface area contributed by atoms with Crippen LogP contribution in [-0.4, -0.2) is 19.9 Å². The van der Waals surface area contributed by atoms with Crippen molar-refractivity contribution in [3.63, 3.8) is 0 Å². The molecule has 0 bridgehead atoms. The van der Waals surface area contributed by atoms with E-state index in [0.717, 1.165) is 66.9 Å². The maximum Gasteiger partial charge on any atom is 0.0970 e. The van der Waals surface area contributed by atoms with Gasteiger partial charge in [-0.2, -0.15) is 0 Å². The topological polar surface area (TPSA) is 51.6 Å². The normalized spacial score (nSPS) is 10.5. The minimum Gasteiger partial charge on any atom is -0.305 e. The van der Waals surface area contributed by atoms with Crippen LogP contribution in [0, 0.1) is 26.0 Å². The summed E-state index contributed by atoms with van der Waals surface area (Å²) >= 11 is 0. The Morgan fingerprint density at radius 2 is 1.16 bits per heavy atom. The second-order valence-electron chi connectivity index (χ2n) is 11.5. The summed E-state index contributed by atoms with van der Waals surface area (Å²) in [6, 6.07) is 51.9. The molecule has 0 N–H and O–H groups in total. The number of pyridine rings is 2. The second-order valence-corrected chi connectivity index (χ2v) is 11.5. The molecule has 3 aromatic heterocycles. The largest absolute Gasteiger partial charge is 0.305 e. The maximum atomic E-state index is 4.81. The van der Waals surface area contributed by atoms with Crippen LogP contribution in [0.4, 0.5) is 0 Å². The van der Waals surface area contributed by atoms with E-state index in [1.165, 1.54) is 11.1 Å². The SMILES string of the molecule is Cc1ccc(-c2ccc(-c3cc[c-]c(-c4ccccn4)c3-c3ccccc3)c3nccnc23)cc1.Cc1ccnc(-c2[c-]cccc2)c1.[Ir]. The van der Waals surface area contributed by atoms with Gasteiger partial charge in [0.25, 0.3) is 0 Å². The standard InChI is InChI=1S/C32H22N3.C12H10N.Ir/c1-22-13-15-23(16-14-22)25-17-18-27(32-31(25)34-20-21-35-32)26-10-7-11-28(29-12-5-6-19-33-29)30(26)24-8-3-2-4-9-24;1-10-7-8-13-12(9-10)11-5-3-2-4-6-11;/h2-10,12-21H,1H3;2-5,7-9H,1H3;/q2*-1;. The summed E-state index contributed by atoms with van der Waals surface area (Å²) in [5.74, 6) is 0. The number of benzene rings is 5. The van der Waals surface area contributed by atoms with E-state index in [1.807, 2.05) is 73.1 Å². The number of rotatable bonds is 5. The van der Waals surface area contributed by atoms with Gasteiger partial charge in [0.05, 0.1) is 11.0 Å². The second kappa shape index (κ2) is 15.5. The Bertz CT molecular complexity index is 2290. The molecule has 1 radical (unpaired) electrons. The van der Waals surface area contributed by atoms with Crippen molar-refractivity contribution in [2.75, 3.05) is 0 Å². The van der Waals surface area contributed by atoms with Gasteiger partial charge in [-0.1, -0.05) is 113 Å². The fourth-order valence-corrected chi connectivity index (χ4v) is 5.82. The van der Waals surface area contributed by atoms with Crippen LogP contribution in [0.5, 0.6) is 0 Å². The van der Waals surface area contributed by atoms with Crippen molar-refractivity contribution < 1.29 is 20.1 Å². The first kappa shape index (κ1) is 33.3. The van der Waals surface area contributed by atoms with Crippen LogP contribution in [0.25, 0.3) is 66.9 Å². The summed E-state index contributed by atoms with van der Waals surface area (Å²) < 4.78 is 0. The molecule has 0 fully saturated rings. The van der Waals surface area contributed by atoms with Crippen molar-refractivity contribution >= 4 is 11.0 Å². The van der Waals surface area contributed by atoms with E-state index in [2.05, 4.69) is 109 Å². The van der Waals surface area contributed by atoms with E-state index in [9.17, 15) is 0 Å². The van der Waals surface area contributed by atoms with E-state index < -0.39 is 0 Å². The third-order valence-electron chi connectivity index (χ3n) is 8.16. The molecule has 4 nitrogen and oxygen atoms in total. The number of aromatic nitrogens is 4. The summed E-state index contributed by atoms with van der Waals surface area (Å²) in [5, 5.41) is 0. The van der Waals surface area contributed by atoms with Gasteiger partial charge in [0, 0.05) is 50.5 Å². The van der Waals surface area contributed by atoms with Gasteiger partial charge in [0.2, 0.25) is 0 Å². The molecule has 8 rings (SSSR count). The van der Waals surface area contributed by atoms with Gasteiger partial charge in [-0.05, 0) is 48.5 Å². The van der Waals surface area contributed by atoms with Crippen molar-refractivity contribution in [1.29, 1.82) is 0 Å². The predicted molar refractivity (Wildman–Crippen MR) is 196 cm³/mol. The molecular weight excluding hydrogens is 777 g/mol. The minimum absolute atomic E-state index is 0. The van der Waals surface area contributed by atoms with Gasteiger partial charge in [0.1, 0.15) is 0 Å². The Hall–Kier alpha value is -5.61. The summed E-state index contributed by atoms with van der Waals surface area (Å²) in [7, 11) is 0. The fourth-order valence-electron chi connectivity index (χ4n) is 5.82. The van der Waals surface area contributed by atoms with Crippen molar-refractivity contribution in [1.82, 2.24) is 19.9 Å². The number of fused-ring (bicyclic) bond motifs is 1. The van der Waals surface area contributed by atoms with Crippen LogP contribution < -0.4 is 0 Å². The molecule has 0 spiro atoms. The Balaban J connectivity index is 0.000000250. The monoisotopic (exact) mass is 809 g/mol. The summed E-state index contributed by atoms with van der Waals surface area (Å²) in [4.78, 5) is 18.5. The third-order valence-corrected chi connectivity index (χ3v) is 8.16. The van der Waals surface area contributed by atoms with Crippen molar-refractivity contribution in [2.24, 2.45) is 0 Å². The van der Waals surface area contributed by atoms with Crippen molar-refractivity contribution in [3.05, 3.63) is 182 Å². The third kappa shape index (κ3) is 7.44. The summed E-state index contributed by atoms with van der Waals surface area (Å²) in [6.45, 7) is 4.16. The number of hydrogen-bond donors (Lipinski definition) is 0. The van der Waals surface area contributed by atoms with Gasteiger partial charge in [0.15, 0.2) is 0 Å². The molecule has 0 unspecified atom stereocenters. The van der Waals surface area contributed by atoms with Crippen LogP contribution >= 0.6 is 0 Å². The summed E-state index contributed by atoms with van der Waals surface area (Å²) in [5.41, 5.74) is 14.6. The molecule has 0 aliphatic carbocycles. The molecule has 5 aromatic carbocycles. The van der Waals surface area contributed by atoms with E-state index in [-0.39, 0.29) is 20.1 Å². The first-order valence-corrected chi connectivity index (χ1v) is 15.9. The van der Waals surface area contributed by atoms with E-state index in [4.69, 9.17) is 9.97 Å². The maximum absolute atomic E-state index is 4.81. The Labute approximate surface area is 301 Å².